The van der Waals surface area contributed by atoms with E-state index in [-0.39, 0.29) is 12.0 Å². The van der Waals surface area contributed by atoms with Gasteiger partial charge in [-0.2, -0.15) is 0 Å². The van der Waals surface area contributed by atoms with E-state index in [2.05, 4.69) is 34.4 Å². The standard InChI is InChI=1S/C17H20N4O/c1-20-8-6-12(7-9-20)17(22)10-15-13-4-2-3-5-14(13)16-11-18-19-21(15)16/h2-5,11-12,15H,6-10H2,1H3. The molecule has 0 aliphatic carbocycles. The van der Waals surface area contributed by atoms with E-state index in [1.165, 1.54) is 5.56 Å². The number of likely N-dealkylation sites (tertiary alicyclic amines) is 1. The number of hydrogen-bond acceptors (Lipinski definition) is 4. The predicted molar refractivity (Wildman–Crippen MR) is 83.4 cm³/mol. The lowest BCUT2D eigenvalue weighted by Crippen LogP contribution is -2.34. The fourth-order valence-corrected chi connectivity index (χ4v) is 3.70. The topological polar surface area (TPSA) is 51.0 Å². The minimum atomic E-state index is 0.0147. The zero-order valence-electron chi connectivity index (χ0n) is 12.8. The molecule has 2 aromatic rings. The molecular weight excluding hydrogens is 276 g/mol. The van der Waals surface area contributed by atoms with Crippen LogP contribution in [0.25, 0.3) is 11.3 Å². The number of hydrogen-bond donors (Lipinski definition) is 0. The number of Topliss-reactive ketones (excluding diaryl/α,β-unsaturated/α-hetero) is 1. The first kappa shape index (κ1) is 13.6. The van der Waals surface area contributed by atoms with Crippen molar-refractivity contribution in [2.24, 2.45) is 5.92 Å². The molecule has 1 unspecified atom stereocenters. The van der Waals surface area contributed by atoms with Gasteiger partial charge in [0, 0.05) is 17.9 Å². The average Bonchev–Trinajstić information content (AvgIpc) is 3.11. The Balaban J connectivity index is 1.57. The Morgan fingerprint density at radius 1 is 1.27 bits per heavy atom. The smallest absolute Gasteiger partial charge is 0.138 e. The number of carbonyl (C=O) groups is 1. The van der Waals surface area contributed by atoms with Gasteiger partial charge in [0.25, 0.3) is 0 Å². The van der Waals surface area contributed by atoms with Gasteiger partial charge in [0.15, 0.2) is 0 Å². The molecule has 22 heavy (non-hydrogen) atoms. The summed E-state index contributed by atoms with van der Waals surface area (Å²) in [7, 11) is 2.12. The molecular formula is C17H20N4O. The molecule has 1 atom stereocenters. The van der Waals surface area contributed by atoms with E-state index in [4.69, 9.17) is 0 Å². The van der Waals surface area contributed by atoms with Crippen LogP contribution in [0.3, 0.4) is 0 Å². The van der Waals surface area contributed by atoms with Crippen molar-refractivity contribution in [3.63, 3.8) is 0 Å². The molecule has 0 spiro atoms. The van der Waals surface area contributed by atoms with Crippen LogP contribution in [-0.4, -0.2) is 45.8 Å². The van der Waals surface area contributed by atoms with E-state index < -0.39 is 0 Å². The van der Waals surface area contributed by atoms with Crippen LogP contribution in [0.15, 0.2) is 30.5 Å². The maximum absolute atomic E-state index is 12.7. The van der Waals surface area contributed by atoms with Crippen LogP contribution in [0, 0.1) is 5.92 Å². The van der Waals surface area contributed by atoms with Gasteiger partial charge in [-0.05, 0) is 38.5 Å². The number of ketones is 1. The summed E-state index contributed by atoms with van der Waals surface area (Å²) >= 11 is 0. The first-order chi connectivity index (χ1) is 10.7. The van der Waals surface area contributed by atoms with Crippen LogP contribution in [0.4, 0.5) is 0 Å². The number of aromatic nitrogens is 3. The van der Waals surface area contributed by atoms with Crippen molar-refractivity contribution in [1.82, 2.24) is 19.9 Å². The first-order valence-electron chi connectivity index (χ1n) is 7.95. The minimum absolute atomic E-state index is 0.0147. The molecule has 3 heterocycles. The van der Waals surface area contributed by atoms with Crippen molar-refractivity contribution in [2.45, 2.75) is 25.3 Å². The van der Waals surface area contributed by atoms with Gasteiger partial charge in [-0.15, -0.1) is 5.10 Å². The zero-order chi connectivity index (χ0) is 15.1. The summed E-state index contributed by atoms with van der Waals surface area (Å²) in [5, 5.41) is 8.23. The van der Waals surface area contributed by atoms with Crippen LogP contribution in [0.5, 0.6) is 0 Å². The molecule has 0 saturated carbocycles. The first-order valence-corrected chi connectivity index (χ1v) is 7.95. The summed E-state index contributed by atoms with van der Waals surface area (Å²) in [5.74, 6) is 0.576. The van der Waals surface area contributed by atoms with Crippen molar-refractivity contribution < 1.29 is 4.79 Å². The van der Waals surface area contributed by atoms with Gasteiger partial charge in [0.1, 0.15) is 5.78 Å². The highest BCUT2D eigenvalue weighted by Crippen LogP contribution is 2.40. The molecule has 2 aliphatic rings. The maximum Gasteiger partial charge on any atom is 0.138 e. The molecule has 1 aromatic heterocycles. The molecule has 114 valence electrons. The van der Waals surface area contributed by atoms with E-state index in [0.29, 0.717) is 12.2 Å². The van der Waals surface area contributed by atoms with E-state index in [9.17, 15) is 4.79 Å². The van der Waals surface area contributed by atoms with Crippen LogP contribution in [0.2, 0.25) is 0 Å². The fourth-order valence-electron chi connectivity index (χ4n) is 3.70. The highest BCUT2D eigenvalue weighted by molar-refractivity contribution is 5.83. The number of nitrogens with zero attached hydrogens (tertiary/aromatic N) is 4. The van der Waals surface area contributed by atoms with Gasteiger partial charge in [-0.25, -0.2) is 4.68 Å². The lowest BCUT2D eigenvalue weighted by molar-refractivity contribution is -0.124. The molecule has 2 aliphatic heterocycles. The fraction of sp³-hybridized carbons (Fsp3) is 0.471. The maximum atomic E-state index is 12.7. The van der Waals surface area contributed by atoms with Crippen LogP contribution >= 0.6 is 0 Å². The summed E-state index contributed by atoms with van der Waals surface area (Å²) in [6.07, 6.45) is 4.28. The third kappa shape index (κ3) is 2.16. The number of fused-ring (bicyclic) bond motifs is 3. The Kier molecular flexibility index (Phi) is 3.30. The number of benzene rings is 1. The van der Waals surface area contributed by atoms with Crippen molar-refractivity contribution in [2.75, 3.05) is 20.1 Å². The third-order valence-corrected chi connectivity index (χ3v) is 5.03. The van der Waals surface area contributed by atoms with E-state index in [1.54, 1.807) is 6.20 Å². The molecule has 0 N–H and O–H groups in total. The Morgan fingerprint density at radius 2 is 2.05 bits per heavy atom. The highest BCUT2D eigenvalue weighted by atomic mass is 16.1. The summed E-state index contributed by atoms with van der Waals surface area (Å²) < 4.78 is 1.91. The van der Waals surface area contributed by atoms with Gasteiger partial charge in [-0.3, -0.25) is 4.79 Å². The van der Waals surface area contributed by atoms with Crippen molar-refractivity contribution in [3.05, 3.63) is 36.0 Å². The molecule has 5 nitrogen and oxygen atoms in total. The predicted octanol–water partition coefficient (Wildman–Crippen LogP) is 2.15. The normalized spacial score (nSPS) is 21.6. The molecule has 0 radical (unpaired) electrons. The molecule has 5 heteroatoms. The Bertz CT molecular complexity index is 700. The van der Waals surface area contributed by atoms with Crippen molar-refractivity contribution >= 4 is 5.78 Å². The number of carbonyl (C=O) groups excluding carboxylic acids is 1. The van der Waals surface area contributed by atoms with Gasteiger partial charge in [-0.1, -0.05) is 29.5 Å². The zero-order valence-corrected chi connectivity index (χ0v) is 12.8. The van der Waals surface area contributed by atoms with Crippen molar-refractivity contribution in [1.29, 1.82) is 0 Å². The SMILES string of the molecule is CN1CCC(C(=O)CC2c3ccccc3-c3cnnn32)CC1. The van der Waals surface area contributed by atoms with Gasteiger partial charge in [0.2, 0.25) is 0 Å². The van der Waals surface area contributed by atoms with Gasteiger partial charge in [0.05, 0.1) is 17.9 Å². The molecule has 1 fully saturated rings. The van der Waals surface area contributed by atoms with Crippen LogP contribution in [-0.2, 0) is 4.79 Å². The molecule has 1 saturated heterocycles. The summed E-state index contributed by atoms with van der Waals surface area (Å²) in [6.45, 7) is 2.04. The van der Waals surface area contributed by atoms with Crippen LogP contribution < -0.4 is 0 Å². The number of rotatable bonds is 3. The largest absolute Gasteiger partial charge is 0.306 e. The molecule has 0 amide bonds. The number of piperidine rings is 1. The third-order valence-electron chi connectivity index (χ3n) is 5.03. The average molecular weight is 296 g/mol. The lowest BCUT2D eigenvalue weighted by atomic mass is 9.88. The van der Waals surface area contributed by atoms with E-state index in [1.807, 2.05) is 16.8 Å². The van der Waals surface area contributed by atoms with E-state index in [0.717, 1.165) is 37.2 Å². The van der Waals surface area contributed by atoms with Crippen molar-refractivity contribution in [3.8, 4) is 11.3 Å². The minimum Gasteiger partial charge on any atom is -0.306 e. The Labute approximate surface area is 129 Å². The second-order valence-electron chi connectivity index (χ2n) is 6.41. The quantitative estimate of drug-likeness (QED) is 0.871. The van der Waals surface area contributed by atoms with Gasteiger partial charge < -0.3 is 4.90 Å². The second-order valence-corrected chi connectivity index (χ2v) is 6.41. The monoisotopic (exact) mass is 296 g/mol. The summed E-state index contributed by atoms with van der Waals surface area (Å²) in [4.78, 5) is 15.0. The Hall–Kier alpha value is -2.01. The molecule has 4 rings (SSSR count). The van der Waals surface area contributed by atoms with Crippen LogP contribution in [0.1, 0.15) is 30.9 Å². The summed E-state index contributed by atoms with van der Waals surface area (Å²) in [6, 6.07) is 8.27. The lowest BCUT2D eigenvalue weighted by Gasteiger charge is -2.28. The highest BCUT2D eigenvalue weighted by Gasteiger charge is 2.33. The second kappa shape index (κ2) is 5.32. The molecule has 1 aromatic carbocycles. The van der Waals surface area contributed by atoms with Gasteiger partial charge >= 0.3 is 0 Å². The van der Waals surface area contributed by atoms with E-state index >= 15 is 0 Å². The summed E-state index contributed by atoms with van der Waals surface area (Å²) in [5.41, 5.74) is 3.39. The molecule has 0 bridgehead atoms. The Morgan fingerprint density at radius 3 is 2.86 bits per heavy atom.